The molecule has 1 rings (SSSR count). The topological polar surface area (TPSA) is 89.3 Å². The first-order chi connectivity index (χ1) is 9.90. The highest BCUT2D eigenvalue weighted by Crippen LogP contribution is 2.25. The van der Waals surface area contributed by atoms with Crippen molar-refractivity contribution < 1.29 is 9.53 Å². The minimum Gasteiger partial charge on any atom is -0.382 e. The van der Waals surface area contributed by atoms with Crippen molar-refractivity contribution in [3.8, 4) is 0 Å². The number of thiazole rings is 1. The predicted octanol–water partition coefficient (Wildman–Crippen LogP) is 2.34. The van der Waals surface area contributed by atoms with Gasteiger partial charge < -0.3 is 21.1 Å². The zero-order valence-corrected chi connectivity index (χ0v) is 14.0. The molecule has 0 atom stereocenters. The number of amides is 1. The number of hydrogen-bond acceptors (Lipinski definition) is 6. The lowest BCUT2D eigenvalue weighted by molar-refractivity contribution is 0.0929. The van der Waals surface area contributed by atoms with E-state index in [-0.39, 0.29) is 17.8 Å². The quantitative estimate of drug-likeness (QED) is 0.609. The second-order valence-corrected chi connectivity index (χ2v) is 6.61. The molecule has 0 unspecified atom stereocenters. The monoisotopic (exact) mass is 314 g/mol. The molecule has 0 aliphatic carbocycles. The standard InChI is InChI=1S/C14H26N4O2S/c1-9(2)8-20-7-5-6-16-13(19)11-12(15)18-14(21-11)17-10(3)4/h9-10H,5-8,15H2,1-4H3,(H,16,19)(H,17,18). The van der Waals surface area contributed by atoms with Crippen LogP contribution in [-0.4, -0.2) is 36.7 Å². The Kier molecular flexibility index (Phi) is 7.45. The fourth-order valence-corrected chi connectivity index (χ4v) is 2.53. The number of carbonyl (C=O) groups excluding carboxylic acids is 1. The van der Waals surface area contributed by atoms with E-state index in [0.717, 1.165) is 13.0 Å². The lowest BCUT2D eigenvalue weighted by atomic mass is 10.2. The molecule has 0 fully saturated rings. The van der Waals surface area contributed by atoms with Gasteiger partial charge in [-0.1, -0.05) is 25.2 Å². The second-order valence-electron chi connectivity index (χ2n) is 5.61. The Labute approximate surface area is 130 Å². The van der Waals surface area contributed by atoms with Crippen LogP contribution < -0.4 is 16.4 Å². The number of nitrogens with one attached hydrogen (secondary N) is 2. The first-order valence-electron chi connectivity index (χ1n) is 7.29. The first-order valence-corrected chi connectivity index (χ1v) is 8.10. The molecule has 7 heteroatoms. The van der Waals surface area contributed by atoms with Crippen LogP contribution in [0.5, 0.6) is 0 Å². The average Bonchev–Trinajstić information content (AvgIpc) is 2.73. The maximum Gasteiger partial charge on any atom is 0.265 e. The number of anilines is 2. The fourth-order valence-electron chi connectivity index (χ4n) is 1.58. The minimum atomic E-state index is -0.175. The van der Waals surface area contributed by atoms with E-state index >= 15 is 0 Å². The van der Waals surface area contributed by atoms with Gasteiger partial charge in [0.25, 0.3) is 5.91 Å². The molecule has 0 bridgehead atoms. The van der Waals surface area contributed by atoms with E-state index in [9.17, 15) is 4.79 Å². The molecule has 1 amide bonds. The first kappa shape index (κ1) is 17.7. The van der Waals surface area contributed by atoms with Crippen LogP contribution in [0.4, 0.5) is 10.9 Å². The van der Waals surface area contributed by atoms with Crippen molar-refractivity contribution in [2.24, 2.45) is 5.92 Å². The number of nitrogens with two attached hydrogens (primary N) is 1. The van der Waals surface area contributed by atoms with Crippen LogP contribution in [-0.2, 0) is 4.74 Å². The van der Waals surface area contributed by atoms with E-state index < -0.39 is 0 Å². The van der Waals surface area contributed by atoms with Crippen molar-refractivity contribution in [3.05, 3.63) is 4.88 Å². The summed E-state index contributed by atoms with van der Waals surface area (Å²) in [6, 6.07) is 0.254. The summed E-state index contributed by atoms with van der Waals surface area (Å²) in [7, 11) is 0. The maximum atomic E-state index is 12.0. The van der Waals surface area contributed by atoms with Gasteiger partial charge in [-0.15, -0.1) is 0 Å². The van der Waals surface area contributed by atoms with Gasteiger partial charge in [0.05, 0.1) is 0 Å². The maximum absolute atomic E-state index is 12.0. The normalized spacial score (nSPS) is 11.1. The van der Waals surface area contributed by atoms with E-state index in [2.05, 4.69) is 29.5 Å². The van der Waals surface area contributed by atoms with Gasteiger partial charge in [0.1, 0.15) is 10.7 Å². The van der Waals surface area contributed by atoms with Gasteiger partial charge in [-0.2, -0.15) is 0 Å². The number of nitrogens with zero attached hydrogens (tertiary/aromatic N) is 1. The Balaban J connectivity index is 2.33. The molecule has 120 valence electrons. The van der Waals surface area contributed by atoms with Crippen LogP contribution in [0.25, 0.3) is 0 Å². The van der Waals surface area contributed by atoms with E-state index in [4.69, 9.17) is 10.5 Å². The largest absolute Gasteiger partial charge is 0.382 e. The van der Waals surface area contributed by atoms with Gasteiger partial charge in [-0.3, -0.25) is 4.79 Å². The summed E-state index contributed by atoms with van der Waals surface area (Å²) in [4.78, 5) is 16.6. The van der Waals surface area contributed by atoms with Crippen molar-refractivity contribution in [1.29, 1.82) is 0 Å². The third-order valence-corrected chi connectivity index (χ3v) is 3.48. The van der Waals surface area contributed by atoms with E-state index in [1.54, 1.807) is 0 Å². The smallest absolute Gasteiger partial charge is 0.265 e. The third-order valence-electron chi connectivity index (χ3n) is 2.47. The van der Waals surface area contributed by atoms with Gasteiger partial charge in [-0.05, 0) is 26.2 Å². The lowest BCUT2D eigenvalue weighted by Gasteiger charge is -2.07. The molecule has 21 heavy (non-hydrogen) atoms. The number of ether oxygens (including phenoxy) is 1. The van der Waals surface area contributed by atoms with Gasteiger partial charge >= 0.3 is 0 Å². The number of aromatic nitrogens is 1. The van der Waals surface area contributed by atoms with Gasteiger partial charge in [0.15, 0.2) is 5.13 Å². The summed E-state index contributed by atoms with van der Waals surface area (Å²) >= 11 is 1.28. The molecule has 0 aromatic carbocycles. The Hall–Kier alpha value is -1.34. The third kappa shape index (κ3) is 6.77. The number of rotatable bonds is 9. The summed E-state index contributed by atoms with van der Waals surface area (Å²) in [5.41, 5.74) is 5.78. The molecule has 4 N–H and O–H groups in total. The average molecular weight is 314 g/mol. The molecular weight excluding hydrogens is 288 g/mol. The highest BCUT2D eigenvalue weighted by molar-refractivity contribution is 7.18. The molecule has 1 aromatic rings. The molecule has 0 saturated carbocycles. The van der Waals surface area contributed by atoms with Crippen LogP contribution in [0.3, 0.4) is 0 Å². The van der Waals surface area contributed by atoms with Crippen molar-refractivity contribution in [2.45, 2.75) is 40.2 Å². The number of carbonyl (C=O) groups is 1. The Bertz CT molecular complexity index is 446. The van der Waals surface area contributed by atoms with Crippen molar-refractivity contribution in [2.75, 3.05) is 30.8 Å². The SMILES string of the molecule is CC(C)COCCCNC(=O)c1sc(NC(C)C)nc1N. The van der Waals surface area contributed by atoms with Gasteiger partial charge in [-0.25, -0.2) is 4.98 Å². The molecule has 0 aliphatic heterocycles. The highest BCUT2D eigenvalue weighted by atomic mass is 32.1. The van der Waals surface area contributed by atoms with E-state index in [1.807, 2.05) is 13.8 Å². The van der Waals surface area contributed by atoms with E-state index in [0.29, 0.717) is 29.1 Å². The molecule has 0 spiro atoms. The van der Waals surface area contributed by atoms with Crippen LogP contribution in [0.15, 0.2) is 0 Å². The Morgan fingerprint density at radius 2 is 2.10 bits per heavy atom. The lowest BCUT2D eigenvalue weighted by Crippen LogP contribution is -2.25. The second kappa shape index (κ2) is 8.84. The Morgan fingerprint density at radius 3 is 2.71 bits per heavy atom. The van der Waals surface area contributed by atoms with Crippen molar-refractivity contribution >= 4 is 28.2 Å². The summed E-state index contributed by atoms with van der Waals surface area (Å²) in [5, 5.41) is 6.66. The molecule has 1 aromatic heterocycles. The summed E-state index contributed by atoms with van der Waals surface area (Å²) in [6.07, 6.45) is 0.786. The van der Waals surface area contributed by atoms with Crippen molar-refractivity contribution in [1.82, 2.24) is 10.3 Å². The minimum absolute atomic E-state index is 0.175. The highest BCUT2D eigenvalue weighted by Gasteiger charge is 2.16. The van der Waals surface area contributed by atoms with E-state index in [1.165, 1.54) is 11.3 Å². The Morgan fingerprint density at radius 1 is 1.38 bits per heavy atom. The fraction of sp³-hybridized carbons (Fsp3) is 0.714. The summed E-state index contributed by atoms with van der Waals surface area (Å²) < 4.78 is 5.46. The molecular formula is C14H26N4O2S. The summed E-state index contributed by atoms with van der Waals surface area (Å²) in [5.74, 6) is 0.630. The van der Waals surface area contributed by atoms with Crippen LogP contribution in [0.1, 0.15) is 43.8 Å². The van der Waals surface area contributed by atoms with Gasteiger partial charge in [0, 0.05) is 25.8 Å². The number of hydrogen-bond donors (Lipinski definition) is 3. The van der Waals surface area contributed by atoms with Crippen LogP contribution in [0.2, 0.25) is 0 Å². The van der Waals surface area contributed by atoms with Crippen LogP contribution in [0, 0.1) is 5.92 Å². The number of nitrogen functional groups attached to an aromatic ring is 1. The van der Waals surface area contributed by atoms with Gasteiger partial charge in [0.2, 0.25) is 0 Å². The molecule has 0 saturated heterocycles. The molecule has 0 aliphatic rings. The zero-order valence-electron chi connectivity index (χ0n) is 13.2. The van der Waals surface area contributed by atoms with Crippen molar-refractivity contribution in [3.63, 3.8) is 0 Å². The molecule has 0 radical (unpaired) electrons. The zero-order chi connectivity index (χ0) is 15.8. The molecule has 6 nitrogen and oxygen atoms in total. The summed E-state index contributed by atoms with van der Waals surface area (Å²) in [6.45, 7) is 10.2. The van der Waals surface area contributed by atoms with Crippen LogP contribution >= 0.6 is 11.3 Å². The predicted molar refractivity (Wildman–Crippen MR) is 87.9 cm³/mol. The molecule has 1 heterocycles.